The molecule has 0 spiro atoms. The second-order valence-electron chi connectivity index (χ2n) is 5.14. The van der Waals surface area contributed by atoms with Gasteiger partial charge in [-0.05, 0) is 53.9 Å². The number of fused-ring (bicyclic) bond motifs is 2. The highest BCUT2D eigenvalue weighted by Crippen LogP contribution is 2.38. The second-order valence-corrected chi connectivity index (χ2v) is 6.01. The summed E-state index contributed by atoms with van der Waals surface area (Å²) in [6.07, 6.45) is 3.00. The summed E-state index contributed by atoms with van der Waals surface area (Å²) in [5.74, 6) is 0. The maximum absolute atomic E-state index is 6.11. The predicted octanol–water partition coefficient (Wildman–Crippen LogP) is 5.18. The summed E-state index contributed by atoms with van der Waals surface area (Å²) in [6, 6.07) is 12.2. The lowest BCUT2D eigenvalue weighted by Gasteiger charge is -2.10. The van der Waals surface area contributed by atoms with Crippen molar-refractivity contribution < 1.29 is 0 Å². The molecule has 1 aliphatic heterocycles. The van der Waals surface area contributed by atoms with Crippen molar-refractivity contribution in [2.24, 2.45) is 0 Å². The molecule has 1 atom stereocenters. The number of benzene rings is 2. The largest absolute Gasteiger partial charge is 0.378 e. The third kappa shape index (κ3) is 1.88. The molecule has 4 rings (SSSR count). The third-order valence-corrected chi connectivity index (χ3v) is 4.34. The van der Waals surface area contributed by atoms with E-state index in [9.17, 15) is 0 Å². The lowest BCUT2D eigenvalue weighted by atomic mass is 10.0. The summed E-state index contributed by atoms with van der Waals surface area (Å²) >= 11 is 12.2. The Bertz CT molecular complexity index is 807. The first-order valence-corrected chi connectivity index (χ1v) is 7.28. The molecule has 1 aliphatic rings. The average molecular weight is 303 g/mol. The van der Waals surface area contributed by atoms with Crippen LogP contribution in [0.15, 0.2) is 42.6 Å². The summed E-state index contributed by atoms with van der Waals surface area (Å²) in [5.41, 5.74) is 4.78. The Kier molecular flexibility index (Phi) is 2.69. The highest BCUT2D eigenvalue weighted by molar-refractivity contribution is 6.31. The van der Waals surface area contributed by atoms with Crippen LogP contribution in [0.2, 0.25) is 10.0 Å². The second kappa shape index (κ2) is 4.44. The van der Waals surface area contributed by atoms with E-state index in [0.29, 0.717) is 0 Å². The minimum atomic E-state index is 0.260. The van der Waals surface area contributed by atoms with Gasteiger partial charge in [0.25, 0.3) is 0 Å². The molecule has 1 aromatic heterocycles. The maximum atomic E-state index is 6.11. The number of nitrogens with one attached hydrogen (secondary N) is 2. The molecule has 0 saturated heterocycles. The fourth-order valence-corrected chi connectivity index (χ4v) is 3.29. The predicted molar refractivity (Wildman–Crippen MR) is 84.8 cm³/mol. The molecule has 20 heavy (non-hydrogen) atoms. The number of hydrogen-bond donors (Lipinski definition) is 2. The van der Waals surface area contributed by atoms with Gasteiger partial charge in [0.05, 0.1) is 6.04 Å². The zero-order valence-electron chi connectivity index (χ0n) is 10.6. The quantitative estimate of drug-likeness (QED) is 0.636. The zero-order chi connectivity index (χ0) is 13.7. The van der Waals surface area contributed by atoms with Crippen LogP contribution in [0.5, 0.6) is 0 Å². The van der Waals surface area contributed by atoms with Gasteiger partial charge < -0.3 is 10.3 Å². The molecule has 0 amide bonds. The van der Waals surface area contributed by atoms with E-state index in [0.717, 1.165) is 27.7 Å². The van der Waals surface area contributed by atoms with E-state index in [1.807, 2.05) is 36.4 Å². The van der Waals surface area contributed by atoms with Gasteiger partial charge in [0, 0.05) is 32.8 Å². The monoisotopic (exact) mass is 302 g/mol. The number of anilines is 1. The SMILES string of the molecule is Clc1ccc2c(c1)CC(c1c[nH]c3ccc(Cl)cc13)N2. The van der Waals surface area contributed by atoms with Crippen LogP contribution in [0.25, 0.3) is 10.9 Å². The Morgan fingerprint density at radius 1 is 1.00 bits per heavy atom. The third-order valence-electron chi connectivity index (χ3n) is 3.87. The first-order chi connectivity index (χ1) is 9.70. The van der Waals surface area contributed by atoms with Crippen molar-refractivity contribution in [3.63, 3.8) is 0 Å². The highest BCUT2D eigenvalue weighted by Gasteiger charge is 2.24. The van der Waals surface area contributed by atoms with Crippen LogP contribution in [0, 0.1) is 0 Å². The average Bonchev–Trinajstić information content (AvgIpc) is 3.00. The standard InChI is InChI=1S/C16H12Cl2N2/c17-10-1-3-14-9(5-10)6-16(20-14)13-8-19-15-4-2-11(18)7-12(13)15/h1-5,7-8,16,19-20H,6H2. The van der Waals surface area contributed by atoms with Crippen molar-refractivity contribution in [1.82, 2.24) is 4.98 Å². The van der Waals surface area contributed by atoms with Crippen molar-refractivity contribution in [2.75, 3.05) is 5.32 Å². The lowest BCUT2D eigenvalue weighted by Crippen LogP contribution is -2.04. The van der Waals surface area contributed by atoms with Crippen LogP contribution in [0.1, 0.15) is 17.2 Å². The van der Waals surface area contributed by atoms with E-state index in [4.69, 9.17) is 23.2 Å². The Morgan fingerprint density at radius 2 is 1.80 bits per heavy atom. The van der Waals surface area contributed by atoms with Crippen LogP contribution in [-0.2, 0) is 6.42 Å². The minimum Gasteiger partial charge on any atom is -0.378 e. The number of rotatable bonds is 1. The Hall–Kier alpha value is -1.64. The van der Waals surface area contributed by atoms with Crippen LogP contribution in [0.4, 0.5) is 5.69 Å². The van der Waals surface area contributed by atoms with Gasteiger partial charge in [-0.3, -0.25) is 0 Å². The van der Waals surface area contributed by atoms with Crippen molar-refractivity contribution in [2.45, 2.75) is 12.5 Å². The van der Waals surface area contributed by atoms with E-state index in [-0.39, 0.29) is 6.04 Å². The first kappa shape index (κ1) is 12.1. The van der Waals surface area contributed by atoms with Crippen LogP contribution >= 0.6 is 23.2 Å². The molecule has 0 fully saturated rings. The summed E-state index contributed by atoms with van der Waals surface area (Å²) in [4.78, 5) is 3.31. The topological polar surface area (TPSA) is 27.8 Å². The number of aromatic amines is 1. The summed E-state index contributed by atoms with van der Waals surface area (Å²) in [7, 11) is 0. The van der Waals surface area contributed by atoms with E-state index >= 15 is 0 Å². The summed E-state index contributed by atoms with van der Waals surface area (Å²) < 4.78 is 0. The minimum absolute atomic E-state index is 0.260. The Morgan fingerprint density at radius 3 is 2.70 bits per heavy atom. The Balaban J connectivity index is 1.77. The molecule has 0 saturated carbocycles. The van der Waals surface area contributed by atoms with E-state index in [1.54, 1.807) is 0 Å². The van der Waals surface area contributed by atoms with Crippen LogP contribution < -0.4 is 5.32 Å². The number of halogens is 2. The molecule has 1 unspecified atom stereocenters. The molecule has 2 nitrogen and oxygen atoms in total. The molecule has 0 radical (unpaired) electrons. The van der Waals surface area contributed by atoms with Crippen LogP contribution in [-0.4, -0.2) is 4.98 Å². The molecule has 0 bridgehead atoms. The molecule has 3 aromatic rings. The fourth-order valence-electron chi connectivity index (χ4n) is 2.92. The van der Waals surface area contributed by atoms with Gasteiger partial charge in [-0.1, -0.05) is 23.2 Å². The molecule has 4 heteroatoms. The highest BCUT2D eigenvalue weighted by atomic mass is 35.5. The molecule has 2 heterocycles. The number of H-pyrrole nitrogens is 1. The fraction of sp³-hybridized carbons (Fsp3) is 0.125. The summed E-state index contributed by atoms with van der Waals surface area (Å²) in [5, 5.41) is 6.28. The normalized spacial score (nSPS) is 17.2. The van der Waals surface area contributed by atoms with Crippen molar-refractivity contribution in [3.8, 4) is 0 Å². The van der Waals surface area contributed by atoms with Crippen molar-refractivity contribution >= 4 is 39.8 Å². The van der Waals surface area contributed by atoms with Crippen LogP contribution in [0.3, 0.4) is 0 Å². The molecule has 100 valence electrons. The van der Waals surface area contributed by atoms with Gasteiger partial charge in [-0.2, -0.15) is 0 Å². The first-order valence-electron chi connectivity index (χ1n) is 6.52. The van der Waals surface area contributed by atoms with Gasteiger partial charge in [0.2, 0.25) is 0 Å². The number of aromatic nitrogens is 1. The molecule has 0 aliphatic carbocycles. The van der Waals surface area contributed by atoms with E-state index < -0.39 is 0 Å². The van der Waals surface area contributed by atoms with Crippen molar-refractivity contribution in [1.29, 1.82) is 0 Å². The smallest absolute Gasteiger partial charge is 0.0576 e. The zero-order valence-corrected chi connectivity index (χ0v) is 12.1. The molecule has 2 N–H and O–H groups in total. The van der Waals surface area contributed by atoms with Gasteiger partial charge in [0.1, 0.15) is 0 Å². The molecule has 2 aromatic carbocycles. The lowest BCUT2D eigenvalue weighted by molar-refractivity contribution is 0.832. The molecular weight excluding hydrogens is 291 g/mol. The Labute approximate surface area is 126 Å². The van der Waals surface area contributed by atoms with Gasteiger partial charge in [-0.15, -0.1) is 0 Å². The van der Waals surface area contributed by atoms with Gasteiger partial charge >= 0.3 is 0 Å². The van der Waals surface area contributed by atoms with Gasteiger partial charge in [0.15, 0.2) is 0 Å². The maximum Gasteiger partial charge on any atom is 0.0576 e. The van der Waals surface area contributed by atoms with E-state index in [1.165, 1.54) is 16.5 Å². The summed E-state index contributed by atoms with van der Waals surface area (Å²) in [6.45, 7) is 0. The number of hydrogen-bond acceptors (Lipinski definition) is 1. The molecular formula is C16H12Cl2N2. The van der Waals surface area contributed by atoms with E-state index in [2.05, 4.69) is 16.5 Å². The van der Waals surface area contributed by atoms with Crippen molar-refractivity contribution in [3.05, 3.63) is 63.8 Å². The van der Waals surface area contributed by atoms with Gasteiger partial charge in [-0.25, -0.2) is 0 Å².